The van der Waals surface area contributed by atoms with Crippen molar-refractivity contribution in [2.24, 2.45) is 10.8 Å². The van der Waals surface area contributed by atoms with Gasteiger partial charge >= 0.3 is 29.8 Å². The number of hydrogen-bond acceptors (Lipinski definition) is 17. The van der Waals surface area contributed by atoms with Gasteiger partial charge in [0.25, 0.3) is 0 Å². The minimum absolute atomic E-state index is 0. The van der Waals surface area contributed by atoms with Crippen LogP contribution in [0.4, 0.5) is 0 Å². The minimum Gasteiger partial charge on any atom is -0.481 e. The maximum absolute atomic E-state index is 10.9. The normalized spacial score (nSPS) is 7.00. The van der Waals surface area contributed by atoms with Crippen molar-refractivity contribution in [2.45, 2.75) is 176 Å². The van der Waals surface area contributed by atoms with Crippen molar-refractivity contribution >= 4 is 29.8 Å². The lowest BCUT2D eigenvalue weighted by atomic mass is 9.98. The molecule has 420 valence electrons. The third-order valence-electron chi connectivity index (χ3n) is 3.16. The van der Waals surface area contributed by atoms with Gasteiger partial charge in [0.1, 0.15) is 26.6 Å². The van der Waals surface area contributed by atoms with Gasteiger partial charge in [-0.2, -0.15) is 0 Å². The summed E-state index contributed by atoms with van der Waals surface area (Å²) >= 11 is 0. The Hall–Kier alpha value is -2.97. The quantitative estimate of drug-likeness (QED) is 0.0952. The molecule has 18 nitrogen and oxygen atoms in total. The molecule has 0 saturated heterocycles. The number of aliphatic hydroxyl groups excluding tert-OH is 3. The number of esters is 4. The zero-order valence-electron chi connectivity index (χ0n) is 43.2. The van der Waals surface area contributed by atoms with Gasteiger partial charge in [0.2, 0.25) is 0 Å². The number of aliphatic carboxylic acids is 1. The summed E-state index contributed by atoms with van der Waals surface area (Å²) in [5.74, 6) is -2.03. The molecule has 0 aromatic heterocycles. The van der Waals surface area contributed by atoms with Crippen molar-refractivity contribution in [3.05, 3.63) is 0 Å². The molecule has 0 amide bonds. The molecule has 0 aliphatic carbocycles. The number of carboxylic acids is 1. The first-order valence-electron chi connectivity index (χ1n) is 19.4. The van der Waals surface area contributed by atoms with Gasteiger partial charge in [-0.1, -0.05) is 128 Å². The fourth-order valence-electron chi connectivity index (χ4n) is 0.859. The molecule has 4 N–H and O–H groups in total. The van der Waals surface area contributed by atoms with Crippen molar-refractivity contribution < 1.29 is 87.0 Å². The molecule has 0 bridgehead atoms. The SMILES string of the molecule is C.C.C.C.C.C.CC.CC.CC.CC.CC.CC.CC(C)(C)C(=O)O.CCO.CO.COCC(=O)OC.COCC(=O)OC.COCC(=O)OC.COCO.COCOC(=O)C(C)(C)C. The molecule has 0 aromatic carbocycles. The summed E-state index contributed by atoms with van der Waals surface area (Å²) < 4.78 is 39.3. The number of methoxy groups -OCH3 is 8. The van der Waals surface area contributed by atoms with Crippen LogP contribution in [-0.2, 0) is 66.6 Å². The summed E-state index contributed by atoms with van der Waals surface area (Å²) in [5, 5.41) is 30.5. The predicted octanol–water partition coefficient (Wildman–Crippen LogP) is 10.9. The molecule has 0 fully saturated rings. The molecule has 0 unspecified atom stereocenters. The van der Waals surface area contributed by atoms with Gasteiger partial charge in [-0.05, 0) is 48.5 Å². The Morgan fingerprint density at radius 1 is 0.415 bits per heavy atom. The maximum atomic E-state index is 10.9. The highest BCUT2D eigenvalue weighted by Gasteiger charge is 2.22. The molecule has 0 aliphatic heterocycles. The van der Waals surface area contributed by atoms with Crippen LogP contribution in [0, 0.1) is 10.8 Å². The Morgan fingerprint density at radius 3 is 0.646 bits per heavy atom. The summed E-state index contributed by atoms with van der Waals surface area (Å²) in [6.45, 7) is 36.3. The summed E-state index contributed by atoms with van der Waals surface area (Å²) in [6.07, 6.45) is 0. The van der Waals surface area contributed by atoms with Crippen molar-refractivity contribution in [3.63, 3.8) is 0 Å². The second-order valence-electron chi connectivity index (χ2n) is 9.40. The molecule has 0 saturated carbocycles. The molecule has 0 spiro atoms. The Labute approximate surface area is 407 Å². The summed E-state index contributed by atoms with van der Waals surface area (Å²) in [7, 11) is 12.2. The van der Waals surface area contributed by atoms with E-state index in [0.29, 0.717) is 0 Å². The molecule has 18 heteroatoms. The third-order valence-corrected chi connectivity index (χ3v) is 3.16. The van der Waals surface area contributed by atoms with Crippen LogP contribution in [0.25, 0.3) is 0 Å². The highest BCUT2D eigenvalue weighted by molar-refractivity contribution is 5.75. The Kier molecular flexibility index (Phi) is 290. The number of rotatable bonds is 9. The van der Waals surface area contributed by atoms with Gasteiger partial charge in [0, 0.05) is 49.3 Å². The van der Waals surface area contributed by atoms with Gasteiger partial charge < -0.3 is 63.1 Å². The molecule has 65 heavy (non-hydrogen) atoms. The topological polar surface area (TPSA) is 249 Å². The molecule has 0 radical (unpaired) electrons. The molecular formula is C47H124O18. The number of ether oxygens (including phenoxy) is 9. The van der Waals surface area contributed by atoms with Crippen molar-refractivity contribution in [2.75, 3.05) is 104 Å². The molecule has 0 atom stereocenters. The second-order valence-corrected chi connectivity index (χ2v) is 9.40. The highest BCUT2D eigenvalue weighted by Crippen LogP contribution is 2.14. The number of carboxylic acid groups (broad SMARTS) is 1. The van der Waals surface area contributed by atoms with E-state index in [1.165, 1.54) is 56.9 Å². The van der Waals surface area contributed by atoms with Crippen LogP contribution in [0.2, 0.25) is 0 Å². The van der Waals surface area contributed by atoms with Crippen LogP contribution in [0.1, 0.15) is 176 Å². The van der Waals surface area contributed by atoms with Crippen LogP contribution in [-0.4, -0.2) is 154 Å². The molecule has 0 aliphatic rings. The van der Waals surface area contributed by atoms with E-state index < -0.39 is 16.8 Å². The fraction of sp³-hybridized carbons (Fsp3) is 0.894. The van der Waals surface area contributed by atoms with Crippen LogP contribution < -0.4 is 0 Å². The van der Waals surface area contributed by atoms with Gasteiger partial charge in [0.15, 0.2) is 6.79 Å². The van der Waals surface area contributed by atoms with Gasteiger partial charge in [-0.25, -0.2) is 14.4 Å². The maximum Gasteiger partial charge on any atom is 0.331 e. The van der Waals surface area contributed by atoms with E-state index in [-0.39, 0.29) is 108 Å². The van der Waals surface area contributed by atoms with E-state index in [0.717, 1.165) is 7.11 Å². The van der Waals surface area contributed by atoms with Gasteiger partial charge in [0.05, 0.1) is 32.2 Å². The number of hydrogen-bond donors (Lipinski definition) is 4. The average molecular weight is 977 g/mol. The fourth-order valence-corrected chi connectivity index (χ4v) is 0.859. The van der Waals surface area contributed by atoms with Crippen molar-refractivity contribution in [1.29, 1.82) is 0 Å². The minimum atomic E-state index is -0.757. The number of aliphatic hydroxyl groups is 3. The number of carbonyl (C=O) groups excluding carboxylic acids is 4. The smallest absolute Gasteiger partial charge is 0.331 e. The van der Waals surface area contributed by atoms with E-state index in [4.69, 9.17) is 25.2 Å². The monoisotopic (exact) mass is 977 g/mol. The van der Waals surface area contributed by atoms with E-state index in [2.05, 4.69) is 37.9 Å². The van der Waals surface area contributed by atoms with Gasteiger partial charge in [-0.3, -0.25) is 9.59 Å². The third kappa shape index (κ3) is 252. The molecular weight excluding hydrogens is 852 g/mol. The summed E-state index contributed by atoms with van der Waals surface area (Å²) in [4.78, 5) is 51.1. The largest absolute Gasteiger partial charge is 0.481 e. The van der Waals surface area contributed by atoms with E-state index in [1.807, 2.05) is 83.1 Å². The van der Waals surface area contributed by atoms with E-state index in [9.17, 15) is 24.0 Å². The van der Waals surface area contributed by atoms with Crippen LogP contribution in [0.5, 0.6) is 0 Å². The Bertz CT molecular complexity index is 636. The zero-order chi connectivity index (χ0) is 51.5. The molecule has 0 rings (SSSR count). The molecule has 0 heterocycles. The first-order chi connectivity index (χ1) is 27.7. The Morgan fingerprint density at radius 2 is 0.585 bits per heavy atom. The lowest BCUT2D eigenvalue weighted by molar-refractivity contribution is -0.163. The first-order valence-corrected chi connectivity index (χ1v) is 19.4. The van der Waals surface area contributed by atoms with Crippen LogP contribution >= 0.6 is 0 Å². The predicted molar refractivity (Wildman–Crippen MR) is 280 cm³/mol. The average Bonchev–Trinajstić information content (AvgIpc) is 3.25. The van der Waals surface area contributed by atoms with Crippen LogP contribution in [0.3, 0.4) is 0 Å². The lowest BCUT2D eigenvalue weighted by Crippen LogP contribution is -2.23. The van der Waals surface area contributed by atoms with E-state index >= 15 is 0 Å². The summed E-state index contributed by atoms with van der Waals surface area (Å²) in [5.41, 5.74) is -1.02. The standard InChI is InChI=1S/C7H14O3.C5H10O2.3C4H8O3.C2H6O2.C2H6O.6C2H6.CH4O.6CH4/c1-7(2,3)6(8)10-5-9-4;1-5(2,3)4(6)7;3*1-6-3-4(5)7-2;1-4-2-3;1-2-3;7*1-2;;;;;;/h5H2,1-4H3;1-3H3,(H,6,7);3*3H2,1-2H3;3H,2H2,1H3;3H,2H2,1H3;6*1-2H3;2H,1H3;6*1H4. The second kappa shape index (κ2) is 144. The van der Waals surface area contributed by atoms with Gasteiger partial charge in [-0.15, -0.1) is 0 Å². The van der Waals surface area contributed by atoms with Crippen molar-refractivity contribution in [1.82, 2.24) is 0 Å². The highest BCUT2D eigenvalue weighted by atomic mass is 16.7. The van der Waals surface area contributed by atoms with Crippen molar-refractivity contribution in [3.8, 4) is 0 Å². The van der Waals surface area contributed by atoms with E-state index in [1.54, 1.807) is 48.5 Å². The van der Waals surface area contributed by atoms with Crippen LogP contribution in [0.15, 0.2) is 0 Å². The molecule has 0 aromatic rings. The Balaban J connectivity index is -0.0000000192. The number of carbonyl (C=O) groups is 5. The first kappa shape index (κ1) is 131. The lowest BCUT2D eigenvalue weighted by Gasteiger charge is -2.15. The zero-order valence-corrected chi connectivity index (χ0v) is 43.2. The summed E-state index contributed by atoms with van der Waals surface area (Å²) in [6, 6.07) is 0.